The van der Waals surface area contributed by atoms with Crippen LogP contribution in [0.25, 0.3) is 0 Å². The fourth-order valence-corrected chi connectivity index (χ4v) is 4.06. The van der Waals surface area contributed by atoms with Gasteiger partial charge >= 0.3 is 0 Å². The molecule has 2 heterocycles. The molecule has 0 aliphatic rings. The first-order valence-corrected chi connectivity index (χ1v) is 8.68. The van der Waals surface area contributed by atoms with Crippen LogP contribution in [0, 0.1) is 0 Å². The number of thiophene rings is 1. The van der Waals surface area contributed by atoms with Crippen LogP contribution in [0.1, 0.15) is 9.67 Å². The molecule has 0 fully saturated rings. The van der Waals surface area contributed by atoms with Crippen molar-refractivity contribution in [3.8, 4) is 0 Å². The Labute approximate surface area is 126 Å². The zero-order valence-corrected chi connectivity index (χ0v) is 14.0. The van der Waals surface area contributed by atoms with Gasteiger partial charge in [-0.1, -0.05) is 23.1 Å². The van der Waals surface area contributed by atoms with Crippen LogP contribution in [0.4, 0.5) is 5.13 Å². The van der Waals surface area contributed by atoms with Crippen LogP contribution in [0.5, 0.6) is 0 Å². The molecule has 0 bridgehead atoms. The highest BCUT2D eigenvalue weighted by atomic mass is 79.9. The lowest BCUT2D eigenvalue weighted by molar-refractivity contribution is 0.103. The average Bonchev–Trinajstić information content (AvgIpc) is 2.87. The van der Waals surface area contributed by atoms with Gasteiger partial charge in [0.15, 0.2) is 4.34 Å². The van der Waals surface area contributed by atoms with Crippen molar-refractivity contribution in [2.45, 2.75) is 4.34 Å². The van der Waals surface area contributed by atoms with Crippen LogP contribution in [-0.4, -0.2) is 22.4 Å². The molecule has 0 unspecified atom stereocenters. The highest BCUT2D eigenvalue weighted by Gasteiger charge is 2.14. The van der Waals surface area contributed by atoms with Gasteiger partial charge in [-0.15, -0.1) is 21.5 Å². The number of hydrogen-bond acceptors (Lipinski definition) is 6. The lowest BCUT2D eigenvalue weighted by Gasteiger charge is -1.96. The molecule has 4 nitrogen and oxygen atoms in total. The third-order valence-electron chi connectivity index (χ3n) is 1.67. The monoisotopic (exact) mass is 413 g/mol. The Balaban J connectivity index is 2.11. The van der Waals surface area contributed by atoms with Crippen molar-refractivity contribution in [2.75, 3.05) is 11.6 Å². The van der Waals surface area contributed by atoms with Crippen LogP contribution in [0.2, 0.25) is 0 Å². The van der Waals surface area contributed by atoms with Crippen molar-refractivity contribution in [2.24, 2.45) is 0 Å². The zero-order valence-electron chi connectivity index (χ0n) is 8.36. The second-order valence-corrected chi connectivity index (χ2v) is 8.02. The minimum absolute atomic E-state index is 0.176. The smallest absolute Gasteiger partial charge is 0.267 e. The molecule has 1 amide bonds. The summed E-state index contributed by atoms with van der Waals surface area (Å²) in [6.45, 7) is 0. The maximum Gasteiger partial charge on any atom is 0.267 e. The molecule has 0 aliphatic carbocycles. The Hall–Kier alpha value is 0.0400. The van der Waals surface area contributed by atoms with Crippen LogP contribution >= 0.6 is 66.3 Å². The van der Waals surface area contributed by atoms with Crippen molar-refractivity contribution < 1.29 is 4.79 Å². The largest absolute Gasteiger partial charge is 0.296 e. The lowest BCUT2D eigenvalue weighted by Crippen LogP contribution is -2.09. The predicted molar refractivity (Wildman–Crippen MR) is 79.4 cm³/mol. The highest BCUT2D eigenvalue weighted by molar-refractivity contribution is 9.13. The molecule has 0 aliphatic heterocycles. The van der Waals surface area contributed by atoms with Crippen molar-refractivity contribution >= 4 is 77.3 Å². The molecule has 17 heavy (non-hydrogen) atoms. The number of thioether (sulfide) groups is 1. The van der Waals surface area contributed by atoms with Crippen LogP contribution in [0.3, 0.4) is 0 Å². The van der Waals surface area contributed by atoms with E-state index in [1.807, 2.05) is 6.26 Å². The molecular weight excluding hydrogens is 410 g/mol. The quantitative estimate of drug-likeness (QED) is 0.606. The summed E-state index contributed by atoms with van der Waals surface area (Å²) in [5.74, 6) is -0.176. The first-order chi connectivity index (χ1) is 8.10. The minimum atomic E-state index is -0.176. The van der Waals surface area contributed by atoms with Crippen LogP contribution in [-0.2, 0) is 0 Å². The number of anilines is 1. The predicted octanol–water partition coefficient (Wildman–Crippen LogP) is 4.10. The zero-order chi connectivity index (χ0) is 12.4. The number of halogens is 2. The van der Waals surface area contributed by atoms with Crippen molar-refractivity contribution in [3.05, 3.63) is 19.2 Å². The number of aromatic nitrogens is 2. The highest BCUT2D eigenvalue weighted by Crippen LogP contribution is 2.33. The van der Waals surface area contributed by atoms with Crippen molar-refractivity contribution in [1.82, 2.24) is 10.2 Å². The van der Waals surface area contributed by atoms with Crippen LogP contribution < -0.4 is 5.32 Å². The fourth-order valence-electron chi connectivity index (χ4n) is 0.960. The number of nitrogens with one attached hydrogen (secondary N) is 1. The summed E-state index contributed by atoms with van der Waals surface area (Å²) >= 11 is 10.9. The maximum absolute atomic E-state index is 11.9. The molecule has 0 saturated carbocycles. The van der Waals surface area contributed by atoms with Gasteiger partial charge in [-0.25, -0.2) is 0 Å². The molecule has 90 valence electrons. The second kappa shape index (κ2) is 5.79. The van der Waals surface area contributed by atoms with E-state index in [4.69, 9.17) is 0 Å². The first-order valence-electron chi connectivity index (χ1n) is 4.24. The molecular formula is C8H5Br2N3OS3. The summed E-state index contributed by atoms with van der Waals surface area (Å²) in [6, 6.07) is 1.76. The Morgan fingerprint density at radius 2 is 2.18 bits per heavy atom. The third kappa shape index (κ3) is 3.28. The van der Waals surface area contributed by atoms with E-state index in [1.54, 1.807) is 6.07 Å². The summed E-state index contributed by atoms with van der Waals surface area (Å²) < 4.78 is 2.59. The van der Waals surface area contributed by atoms with E-state index >= 15 is 0 Å². The number of amides is 1. The van der Waals surface area contributed by atoms with E-state index in [0.29, 0.717) is 10.0 Å². The van der Waals surface area contributed by atoms with E-state index in [-0.39, 0.29) is 5.91 Å². The standard InChI is InChI=1S/C8H5Br2N3OS3/c1-15-8-13-12-7(17-8)11-6(14)4-2-3(9)5(10)16-4/h2H,1H3,(H,11,12,14). The normalized spacial score (nSPS) is 10.5. The fraction of sp³-hybridized carbons (Fsp3) is 0.125. The van der Waals surface area contributed by atoms with E-state index < -0.39 is 0 Å². The Bertz CT molecular complexity index is 534. The topological polar surface area (TPSA) is 54.9 Å². The molecule has 2 aromatic heterocycles. The van der Waals surface area contributed by atoms with Gasteiger partial charge in [0.1, 0.15) is 0 Å². The molecule has 2 rings (SSSR count). The number of carbonyl (C=O) groups is 1. The van der Waals surface area contributed by atoms with Gasteiger partial charge in [-0.05, 0) is 44.2 Å². The molecule has 0 atom stereocenters. The van der Waals surface area contributed by atoms with E-state index in [9.17, 15) is 4.79 Å². The summed E-state index contributed by atoms with van der Waals surface area (Å²) in [6.07, 6.45) is 1.92. The van der Waals surface area contributed by atoms with Gasteiger partial charge in [0, 0.05) is 4.47 Å². The van der Waals surface area contributed by atoms with Gasteiger partial charge in [0.25, 0.3) is 5.91 Å². The maximum atomic E-state index is 11.9. The summed E-state index contributed by atoms with van der Waals surface area (Å²) in [7, 11) is 0. The molecule has 0 radical (unpaired) electrons. The number of rotatable bonds is 3. The molecule has 1 N–H and O–H groups in total. The molecule has 2 aromatic rings. The van der Waals surface area contributed by atoms with Crippen LogP contribution in [0.15, 0.2) is 18.7 Å². The Morgan fingerprint density at radius 3 is 2.71 bits per heavy atom. The Kier molecular flexibility index (Phi) is 4.59. The molecule has 0 aromatic carbocycles. The van der Waals surface area contributed by atoms with Crippen molar-refractivity contribution in [3.63, 3.8) is 0 Å². The van der Waals surface area contributed by atoms with Gasteiger partial charge in [-0.2, -0.15) is 0 Å². The first kappa shape index (κ1) is 13.5. The van der Waals surface area contributed by atoms with Gasteiger partial charge in [0.05, 0.1) is 8.66 Å². The number of carbonyl (C=O) groups excluding carboxylic acids is 1. The summed E-state index contributed by atoms with van der Waals surface area (Å²) in [5.41, 5.74) is 0. The SMILES string of the molecule is CSc1nnc(NC(=O)c2cc(Br)c(Br)s2)s1. The number of hydrogen-bond donors (Lipinski definition) is 1. The minimum Gasteiger partial charge on any atom is -0.296 e. The van der Waals surface area contributed by atoms with Gasteiger partial charge in [-0.3, -0.25) is 10.1 Å². The summed E-state index contributed by atoms with van der Waals surface area (Å²) in [4.78, 5) is 12.5. The van der Waals surface area contributed by atoms with Crippen molar-refractivity contribution in [1.29, 1.82) is 0 Å². The van der Waals surface area contributed by atoms with Gasteiger partial charge < -0.3 is 0 Å². The molecule has 0 saturated heterocycles. The van der Waals surface area contributed by atoms with Gasteiger partial charge in [0.2, 0.25) is 5.13 Å². The Morgan fingerprint density at radius 1 is 1.41 bits per heavy atom. The number of nitrogens with zero attached hydrogens (tertiary/aromatic N) is 2. The van der Waals surface area contributed by atoms with E-state index in [1.165, 1.54) is 34.4 Å². The lowest BCUT2D eigenvalue weighted by atomic mass is 10.4. The second-order valence-electron chi connectivity index (χ2n) is 2.76. The van der Waals surface area contributed by atoms with E-state index in [2.05, 4.69) is 47.4 Å². The summed E-state index contributed by atoms with van der Waals surface area (Å²) in [5, 5.41) is 11.0. The molecule has 9 heteroatoms. The van der Waals surface area contributed by atoms with E-state index in [0.717, 1.165) is 12.6 Å². The average molecular weight is 415 g/mol. The third-order valence-corrected chi connectivity index (χ3v) is 6.74. The molecule has 0 spiro atoms.